The molecule has 2 aromatic carbocycles. The summed E-state index contributed by atoms with van der Waals surface area (Å²) in [7, 11) is 0. The smallest absolute Gasteiger partial charge is 0.326 e. The Kier molecular flexibility index (Phi) is 6.54. The van der Waals surface area contributed by atoms with Crippen molar-refractivity contribution in [3.8, 4) is 0 Å². The fraction of sp³-hybridized carbons (Fsp3) is 0.320. The number of aromatic amines is 2. The maximum Gasteiger partial charge on any atom is 0.326 e. The van der Waals surface area contributed by atoms with Crippen LogP contribution in [0.3, 0.4) is 0 Å². The summed E-state index contributed by atoms with van der Waals surface area (Å²) in [5.74, 6) is 0.0541. The second-order valence-corrected chi connectivity index (χ2v) is 8.43. The summed E-state index contributed by atoms with van der Waals surface area (Å²) in [4.78, 5) is 42.0. The number of carbonyl (C=O) groups excluding carboxylic acids is 1. The first-order valence-corrected chi connectivity index (χ1v) is 11.0. The Morgan fingerprint density at radius 1 is 0.969 bits per heavy atom. The van der Waals surface area contributed by atoms with Crippen LogP contribution in [0.1, 0.15) is 58.8 Å². The van der Waals surface area contributed by atoms with Gasteiger partial charge in [0, 0.05) is 12.6 Å². The molecule has 0 atom stereocenters. The first-order chi connectivity index (χ1) is 15.5. The van der Waals surface area contributed by atoms with Crippen LogP contribution in [0.4, 0.5) is 5.69 Å². The summed E-state index contributed by atoms with van der Waals surface area (Å²) >= 11 is 0. The van der Waals surface area contributed by atoms with Crippen LogP contribution in [0, 0.1) is 6.92 Å². The molecule has 1 aliphatic carbocycles. The number of nitrogens with one attached hydrogen (secondary N) is 4. The molecule has 0 radical (unpaired) electrons. The normalized spacial score (nSPS) is 18.2. The van der Waals surface area contributed by atoms with Crippen molar-refractivity contribution in [3.63, 3.8) is 0 Å². The summed E-state index contributed by atoms with van der Waals surface area (Å²) < 4.78 is 0. The average Bonchev–Trinajstić information content (AvgIpc) is 2.79. The minimum Gasteiger partial charge on any atom is -0.375 e. The number of anilines is 1. The monoisotopic (exact) mass is 432 g/mol. The molecule has 0 bridgehead atoms. The van der Waals surface area contributed by atoms with Crippen LogP contribution in [0.5, 0.6) is 0 Å². The molecular formula is C25H28N4O3. The molecule has 7 nitrogen and oxygen atoms in total. The molecule has 0 unspecified atom stereocenters. The molecule has 7 heteroatoms. The SMILES string of the molecule is Cc1cccc(CNc2c(C(=O)N[C@H]3CC[C@@H](c4ccccc4)CC3)[nH]c(=O)[nH]c2=O)c1. The summed E-state index contributed by atoms with van der Waals surface area (Å²) in [6, 6.07) is 18.3. The molecule has 166 valence electrons. The van der Waals surface area contributed by atoms with Crippen LogP contribution >= 0.6 is 0 Å². The Labute approximate surface area is 186 Å². The van der Waals surface area contributed by atoms with E-state index in [1.165, 1.54) is 5.56 Å². The van der Waals surface area contributed by atoms with Crippen molar-refractivity contribution in [3.05, 3.63) is 97.8 Å². The number of aryl methyl sites for hydroxylation is 1. The molecule has 1 aliphatic rings. The highest BCUT2D eigenvalue weighted by Crippen LogP contribution is 2.32. The predicted molar refractivity (Wildman–Crippen MR) is 125 cm³/mol. The fourth-order valence-corrected chi connectivity index (χ4v) is 4.39. The van der Waals surface area contributed by atoms with E-state index >= 15 is 0 Å². The molecular weight excluding hydrogens is 404 g/mol. The predicted octanol–water partition coefficient (Wildman–Crippen LogP) is 3.44. The zero-order chi connectivity index (χ0) is 22.5. The van der Waals surface area contributed by atoms with Gasteiger partial charge in [-0.2, -0.15) is 0 Å². The van der Waals surface area contributed by atoms with E-state index in [-0.39, 0.29) is 17.4 Å². The van der Waals surface area contributed by atoms with Crippen molar-refractivity contribution in [1.82, 2.24) is 15.3 Å². The molecule has 4 N–H and O–H groups in total. The van der Waals surface area contributed by atoms with Crippen molar-refractivity contribution in [2.24, 2.45) is 0 Å². The van der Waals surface area contributed by atoms with E-state index < -0.39 is 17.2 Å². The van der Waals surface area contributed by atoms with Gasteiger partial charge in [0.25, 0.3) is 11.5 Å². The maximum absolute atomic E-state index is 13.0. The standard InChI is InChI=1S/C25H28N4O3/c1-16-6-5-7-17(14-16)15-26-21-22(28-25(32)29-23(21)30)24(31)27-20-12-10-19(11-13-20)18-8-3-2-4-9-18/h2-9,14,19-20,26H,10-13,15H2,1H3,(H,27,31)(H2,28,29,30,32)/t19-,20+. The van der Waals surface area contributed by atoms with Gasteiger partial charge in [-0.15, -0.1) is 0 Å². The number of hydrogen-bond acceptors (Lipinski definition) is 4. The lowest BCUT2D eigenvalue weighted by atomic mass is 9.82. The lowest BCUT2D eigenvalue weighted by molar-refractivity contribution is 0.0921. The zero-order valence-corrected chi connectivity index (χ0v) is 18.1. The molecule has 1 heterocycles. The van der Waals surface area contributed by atoms with Crippen molar-refractivity contribution < 1.29 is 4.79 Å². The highest BCUT2D eigenvalue weighted by molar-refractivity contribution is 5.97. The van der Waals surface area contributed by atoms with E-state index in [1.807, 2.05) is 37.3 Å². The average molecular weight is 433 g/mol. The van der Waals surface area contributed by atoms with Crippen LogP contribution in [0.15, 0.2) is 64.2 Å². The minimum absolute atomic E-state index is 0.00914. The van der Waals surface area contributed by atoms with Gasteiger partial charge in [-0.1, -0.05) is 60.2 Å². The highest BCUT2D eigenvalue weighted by Gasteiger charge is 2.25. The highest BCUT2D eigenvalue weighted by atomic mass is 16.2. The first kappa shape index (κ1) is 21.6. The number of aromatic nitrogens is 2. The van der Waals surface area contributed by atoms with E-state index in [4.69, 9.17) is 0 Å². The summed E-state index contributed by atoms with van der Waals surface area (Å²) in [6.07, 6.45) is 3.67. The molecule has 3 aromatic rings. The second-order valence-electron chi connectivity index (χ2n) is 8.43. The second kappa shape index (κ2) is 9.68. The quantitative estimate of drug-likeness (QED) is 0.479. The van der Waals surface area contributed by atoms with Crippen LogP contribution < -0.4 is 21.9 Å². The summed E-state index contributed by atoms with van der Waals surface area (Å²) in [5.41, 5.74) is 2.13. The molecule has 0 aliphatic heterocycles. The van der Waals surface area contributed by atoms with Gasteiger partial charge >= 0.3 is 5.69 Å². The Morgan fingerprint density at radius 3 is 2.44 bits per heavy atom. The molecule has 32 heavy (non-hydrogen) atoms. The van der Waals surface area contributed by atoms with Gasteiger partial charge in [-0.25, -0.2) is 4.79 Å². The number of hydrogen-bond donors (Lipinski definition) is 4. The zero-order valence-electron chi connectivity index (χ0n) is 18.1. The third-order valence-corrected chi connectivity index (χ3v) is 6.05. The van der Waals surface area contributed by atoms with Gasteiger partial charge < -0.3 is 15.6 Å². The van der Waals surface area contributed by atoms with E-state index in [9.17, 15) is 14.4 Å². The third kappa shape index (κ3) is 5.17. The van der Waals surface area contributed by atoms with Crippen molar-refractivity contribution in [2.45, 2.75) is 51.1 Å². The topological polar surface area (TPSA) is 107 Å². The lowest BCUT2D eigenvalue weighted by Crippen LogP contribution is -2.40. The van der Waals surface area contributed by atoms with E-state index in [1.54, 1.807) is 0 Å². The van der Waals surface area contributed by atoms with E-state index in [0.717, 1.165) is 36.8 Å². The summed E-state index contributed by atoms with van der Waals surface area (Å²) in [6.45, 7) is 2.35. The molecule has 1 aromatic heterocycles. The number of amides is 1. The van der Waals surface area contributed by atoms with E-state index in [0.29, 0.717) is 12.5 Å². The first-order valence-electron chi connectivity index (χ1n) is 11.0. The van der Waals surface area contributed by atoms with Crippen molar-refractivity contribution >= 4 is 11.6 Å². The maximum atomic E-state index is 13.0. The third-order valence-electron chi connectivity index (χ3n) is 6.05. The summed E-state index contributed by atoms with van der Waals surface area (Å²) in [5, 5.41) is 6.03. The fourth-order valence-electron chi connectivity index (χ4n) is 4.39. The Bertz CT molecular complexity index is 1190. The lowest BCUT2D eigenvalue weighted by Gasteiger charge is -2.29. The molecule has 4 rings (SSSR count). The number of benzene rings is 2. The molecule has 0 spiro atoms. The van der Waals surface area contributed by atoms with Gasteiger partial charge in [0.1, 0.15) is 11.4 Å². The van der Waals surface area contributed by atoms with Crippen LogP contribution in [0.2, 0.25) is 0 Å². The van der Waals surface area contributed by atoms with Crippen molar-refractivity contribution in [2.75, 3.05) is 5.32 Å². The van der Waals surface area contributed by atoms with E-state index in [2.05, 4.69) is 44.9 Å². The van der Waals surface area contributed by atoms with Crippen molar-refractivity contribution in [1.29, 1.82) is 0 Å². The Balaban J connectivity index is 1.44. The molecule has 0 saturated heterocycles. The van der Waals surface area contributed by atoms with Crippen LogP contribution in [-0.2, 0) is 6.54 Å². The molecule has 1 fully saturated rings. The molecule has 1 saturated carbocycles. The minimum atomic E-state index is -0.700. The van der Waals surface area contributed by atoms with Gasteiger partial charge in [0.15, 0.2) is 0 Å². The number of rotatable bonds is 6. The molecule has 1 amide bonds. The van der Waals surface area contributed by atoms with Crippen LogP contribution in [0.25, 0.3) is 0 Å². The van der Waals surface area contributed by atoms with Gasteiger partial charge in [-0.05, 0) is 49.7 Å². The number of H-pyrrole nitrogens is 2. The van der Waals surface area contributed by atoms with Crippen LogP contribution in [-0.4, -0.2) is 21.9 Å². The Hall–Kier alpha value is -3.61. The van der Waals surface area contributed by atoms with Gasteiger partial charge in [-0.3, -0.25) is 14.6 Å². The van der Waals surface area contributed by atoms with Gasteiger partial charge in [0.05, 0.1) is 0 Å². The number of carbonyl (C=O) groups is 1. The van der Waals surface area contributed by atoms with Gasteiger partial charge in [0.2, 0.25) is 0 Å². The largest absolute Gasteiger partial charge is 0.375 e. The Morgan fingerprint density at radius 2 is 1.72 bits per heavy atom.